The third-order valence-electron chi connectivity index (χ3n) is 3.42. The zero-order valence-electron chi connectivity index (χ0n) is 11.0. The van der Waals surface area contributed by atoms with Gasteiger partial charge in [0.2, 0.25) is 0 Å². The first-order valence-electron chi connectivity index (χ1n) is 6.08. The van der Waals surface area contributed by atoms with E-state index < -0.39 is 6.10 Å². The van der Waals surface area contributed by atoms with E-state index in [0.717, 1.165) is 0 Å². The van der Waals surface area contributed by atoms with Gasteiger partial charge in [-0.3, -0.25) is 4.79 Å². The SMILES string of the molecule is COc1cccc(C(=O)N2CC(O)CC2(C)C)c1. The number of hydrogen-bond donors (Lipinski definition) is 1. The number of likely N-dealkylation sites (tertiary alicyclic amines) is 1. The highest BCUT2D eigenvalue weighted by Crippen LogP contribution is 2.30. The van der Waals surface area contributed by atoms with Crippen LogP contribution in [0.4, 0.5) is 0 Å². The van der Waals surface area contributed by atoms with Crippen LogP contribution in [0.3, 0.4) is 0 Å². The standard InChI is InChI=1S/C14H19NO3/c1-14(2)8-11(16)9-15(14)13(17)10-5-4-6-12(7-10)18-3/h4-7,11,16H,8-9H2,1-3H3. The summed E-state index contributed by atoms with van der Waals surface area (Å²) in [5, 5.41) is 9.71. The van der Waals surface area contributed by atoms with Crippen molar-refractivity contribution >= 4 is 5.91 Å². The molecule has 0 bridgehead atoms. The van der Waals surface area contributed by atoms with Gasteiger partial charge in [-0.15, -0.1) is 0 Å². The molecule has 2 rings (SSSR count). The fourth-order valence-corrected chi connectivity index (χ4v) is 2.48. The zero-order chi connectivity index (χ0) is 13.3. The van der Waals surface area contributed by atoms with Crippen molar-refractivity contribution in [2.24, 2.45) is 0 Å². The van der Waals surface area contributed by atoms with Gasteiger partial charge in [0.1, 0.15) is 5.75 Å². The van der Waals surface area contributed by atoms with Crippen LogP contribution in [0, 0.1) is 0 Å². The maximum atomic E-state index is 12.4. The molecule has 1 unspecified atom stereocenters. The lowest BCUT2D eigenvalue weighted by Crippen LogP contribution is -2.42. The molecule has 0 radical (unpaired) electrons. The lowest BCUT2D eigenvalue weighted by molar-refractivity contribution is 0.0641. The average Bonchev–Trinajstić information content (AvgIpc) is 2.61. The molecule has 4 nitrogen and oxygen atoms in total. The van der Waals surface area contributed by atoms with Crippen LogP contribution in [0.1, 0.15) is 30.6 Å². The topological polar surface area (TPSA) is 49.8 Å². The van der Waals surface area contributed by atoms with Crippen LogP contribution in [-0.4, -0.2) is 41.2 Å². The quantitative estimate of drug-likeness (QED) is 0.867. The molecule has 98 valence electrons. The molecule has 0 spiro atoms. The second-order valence-corrected chi connectivity index (χ2v) is 5.32. The number of carbonyl (C=O) groups is 1. The molecular formula is C14H19NO3. The van der Waals surface area contributed by atoms with E-state index in [4.69, 9.17) is 4.74 Å². The lowest BCUT2D eigenvalue weighted by Gasteiger charge is -2.31. The third-order valence-corrected chi connectivity index (χ3v) is 3.42. The second-order valence-electron chi connectivity index (χ2n) is 5.32. The number of carbonyl (C=O) groups excluding carboxylic acids is 1. The molecule has 4 heteroatoms. The normalized spacial score (nSPS) is 22.0. The fourth-order valence-electron chi connectivity index (χ4n) is 2.48. The number of hydrogen-bond acceptors (Lipinski definition) is 3. The van der Waals surface area contributed by atoms with E-state index in [-0.39, 0.29) is 11.4 Å². The number of aliphatic hydroxyl groups is 1. The Hall–Kier alpha value is -1.55. The van der Waals surface area contributed by atoms with Crippen LogP contribution in [0.5, 0.6) is 5.75 Å². The van der Waals surface area contributed by atoms with Crippen LogP contribution in [0.15, 0.2) is 24.3 Å². The number of β-amino-alcohol motifs (C(OH)–C–C–N with tert-alkyl or cyclic N) is 1. The Balaban J connectivity index is 2.25. The van der Waals surface area contributed by atoms with E-state index in [2.05, 4.69) is 0 Å². The summed E-state index contributed by atoms with van der Waals surface area (Å²) in [7, 11) is 1.58. The Bertz CT molecular complexity index is 456. The number of ether oxygens (including phenoxy) is 1. The van der Waals surface area contributed by atoms with Crippen molar-refractivity contribution in [3.63, 3.8) is 0 Å². The van der Waals surface area contributed by atoms with Gasteiger partial charge in [-0.1, -0.05) is 6.07 Å². The predicted molar refractivity (Wildman–Crippen MR) is 68.7 cm³/mol. The molecule has 1 saturated heterocycles. The summed E-state index contributed by atoms with van der Waals surface area (Å²) in [6, 6.07) is 7.10. The first kappa shape index (κ1) is 12.9. The van der Waals surface area contributed by atoms with Crippen molar-refractivity contribution in [3.05, 3.63) is 29.8 Å². The van der Waals surface area contributed by atoms with Crippen molar-refractivity contribution in [2.45, 2.75) is 31.9 Å². The van der Waals surface area contributed by atoms with E-state index in [0.29, 0.717) is 24.3 Å². The van der Waals surface area contributed by atoms with E-state index in [1.54, 1.807) is 36.3 Å². The molecule has 1 N–H and O–H groups in total. The van der Waals surface area contributed by atoms with Crippen molar-refractivity contribution < 1.29 is 14.6 Å². The number of aliphatic hydroxyl groups excluding tert-OH is 1. The van der Waals surface area contributed by atoms with Crippen molar-refractivity contribution in [1.82, 2.24) is 4.90 Å². The molecular weight excluding hydrogens is 230 g/mol. The van der Waals surface area contributed by atoms with Crippen molar-refractivity contribution in [1.29, 1.82) is 0 Å². The Morgan fingerprint density at radius 1 is 1.50 bits per heavy atom. The monoisotopic (exact) mass is 249 g/mol. The lowest BCUT2D eigenvalue weighted by atomic mass is 10.0. The fraction of sp³-hybridized carbons (Fsp3) is 0.500. The highest BCUT2D eigenvalue weighted by Gasteiger charge is 2.40. The van der Waals surface area contributed by atoms with Gasteiger partial charge < -0.3 is 14.7 Å². The molecule has 1 atom stereocenters. The van der Waals surface area contributed by atoms with E-state index in [1.807, 2.05) is 13.8 Å². The van der Waals surface area contributed by atoms with E-state index in [9.17, 15) is 9.90 Å². The van der Waals surface area contributed by atoms with E-state index >= 15 is 0 Å². The number of nitrogens with zero attached hydrogens (tertiary/aromatic N) is 1. The van der Waals surface area contributed by atoms with Crippen LogP contribution in [0.25, 0.3) is 0 Å². The third kappa shape index (κ3) is 2.34. The molecule has 1 aliphatic rings. The summed E-state index contributed by atoms with van der Waals surface area (Å²) in [5.41, 5.74) is 0.288. The molecule has 1 aromatic carbocycles. The van der Waals surface area contributed by atoms with E-state index in [1.165, 1.54) is 0 Å². The van der Waals surface area contributed by atoms with Gasteiger partial charge in [0.05, 0.1) is 13.2 Å². The summed E-state index contributed by atoms with van der Waals surface area (Å²) < 4.78 is 5.12. The minimum atomic E-state index is -0.436. The summed E-state index contributed by atoms with van der Waals surface area (Å²) >= 11 is 0. The molecule has 0 aromatic heterocycles. The summed E-state index contributed by atoms with van der Waals surface area (Å²) in [6.45, 7) is 4.34. The minimum Gasteiger partial charge on any atom is -0.497 e. The summed E-state index contributed by atoms with van der Waals surface area (Å²) in [5.74, 6) is 0.605. The Kier molecular flexibility index (Phi) is 3.30. The van der Waals surface area contributed by atoms with Gasteiger partial charge in [-0.05, 0) is 38.5 Å². The van der Waals surface area contributed by atoms with Crippen LogP contribution >= 0.6 is 0 Å². The predicted octanol–water partition coefficient (Wildman–Crippen LogP) is 1.68. The molecule has 1 fully saturated rings. The van der Waals surface area contributed by atoms with Gasteiger partial charge in [0, 0.05) is 17.6 Å². The number of benzene rings is 1. The molecule has 1 heterocycles. The molecule has 1 aliphatic heterocycles. The van der Waals surface area contributed by atoms with Gasteiger partial charge in [0.15, 0.2) is 0 Å². The van der Waals surface area contributed by atoms with Crippen molar-refractivity contribution in [2.75, 3.05) is 13.7 Å². The maximum absolute atomic E-state index is 12.4. The highest BCUT2D eigenvalue weighted by atomic mass is 16.5. The number of amides is 1. The summed E-state index contributed by atoms with van der Waals surface area (Å²) in [4.78, 5) is 14.2. The smallest absolute Gasteiger partial charge is 0.254 e. The first-order valence-corrected chi connectivity index (χ1v) is 6.08. The number of methoxy groups -OCH3 is 1. The molecule has 18 heavy (non-hydrogen) atoms. The highest BCUT2D eigenvalue weighted by molar-refractivity contribution is 5.95. The molecule has 1 amide bonds. The van der Waals surface area contributed by atoms with Gasteiger partial charge in [-0.2, -0.15) is 0 Å². The molecule has 0 saturated carbocycles. The van der Waals surface area contributed by atoms with Gasteiger partial charge >= 0.3 is 0 Å². The summed E-state index contributed by atoms with van der Waals surface area (Å²) in [6.07, 6.45) is 0.178. The largest absolute Gasteiger partial charge is 0.497 e. The second kappa shape index (κ2) is 4.61. The van der Waals surface area contributed by atoms with Gasteiger partial charge in [-0.25, -0.2) is 0 Å². The Labute approximate surface area is 107 Å². The Morgan fingerprint density at radius 2 is 2.22 bits per heavy atom. The van der Waals surface area contributed by atoms with Crippen molar-refractivity contribution in [3.8, 4) is 5.75 Å². The zero-order valence-corrected chi connectivity index (χ0v) is 11.0. The minimum absolute atomic E-state index is 0.0598. The van der Waals surface area contributed by atoms with Gasteiger partial charge in [0.25, 0.3) is 5.91 Å². The van der Waals surface area contributed by atoms with Crippen LogP contribution in [0.2, 0.25) is 0 Å². The average molecular weight is 249 g/mol. The molecule has 0 aliphatic carbocycles. The Morgan fingerprint density at radius 3 is 2.78 bits per heavy atom. The maximum Gasteiger partial charge on any atom is 0.254 e. The number of rotatable bonds is 2. The van der Waals surface area contributed by atoms with Crippen LogP contribution < -0.4 is 4.74 Å². The van der Waals surface area contributed by atoms with Crippen LogP contribution in [-0.2, 0) is 0 Å². The molecule has 1 aromatic rings. The first-order chi connectivity index (χ1) is 8.44.